The second-order valence-corrected chi connectivity index (χ2v) is 9.55. The van der Waals surface area contributed by atoms with Gasteiger partial charge in [0.1, 0.15) is 11.5 Å². The molecule has 186 valence electrons. The van der Waals surface area contributed by atoms with Crippen LogP contribution in [0.1, 0.15) is 11.3 Å². The van der Waals surface area contributed by atoms with Crippen molar-refractivity contribution in [3.8, 4) is 22.1 Å². The van der Waals surface area contributed by atoms with Gasteiger partial charge in [-0.15, -0.1) is 0 Å². The van der Waals surface area contributed by atoms with Crippen LogP contribution in [0.15, 0.2) is 59.4 Å². The van der Waals surface area contributed by atoms with Gasteiger partial charge >= 0.3 is 0 Å². The molecule has 0 unspecified atom stereocenters. The summed E-state index contributed by atoms with van der Waals surface area (Å²) in [6.07, 6.45) is 0. The first kappa shape index (κ1) is 24.0. The summed E-state index contributed by atoms with van der Waals surface area (Å²) in [4.78, 5) is 34.6. The molecule has 9 nitrogen and oxygen atoms in total. The van der Waals surface area contributed by atoms with Gasteiger partial charge in [-0.1, -0.05) is 41.7 Å². The Morgan fingerprint density at radius 1 is 1.03 bits per heavy atom. The minimum atomic E-state index is -0.213. The predicted molar refractivity (Wildman–Crippen MR) is 138 cm³/mol. The summed E-state index contributed by atoms with van der Waals surface area (Å²) in [6, 6.07) is 16.8. The Bertz CT molecular complexity index is 1440. The van der Waals surface area contributed by atoms with Crippen molar-refractivity contribution in [1.82, 2.24) is 24.4 Å². The number of nitrogens with zero attached hydrogens (tertiary/aromatic N) is 5. The van der Waals surface area contributed by atoms with Crippen LogP contribution in [-0.4, -0.2) is 70.2 Å². The first-order valence-electron chi connectivity index (χ1n) is 11.7. The smallest absolute Gasteiger partial charge is 0.275 e. The van der Waals surface area contributed by atoms with Crippen LogP contribution in [0.5, 0.6) is 11.5 Å². The molecule has 0 saturated carbocycles. The van der Waals surface area contributed by atoms with E-state index in [-0.39, 0.29) is 18.1 Å². The zero-order valence-corrected chi connectivity index (χ0v) is 21.0. The maximum Gasteiger partial charge on any atom is 0.275 e. The van der Waals surface area contributed by atoms with Crippen LogP contribution in [-0.2, 0) is 11.3 Å². The lowest BCUT2D eigenvalue weighted by molar-refractivity contribution is -0.135. The molecule has 3 heterocycles. The molecule has 1 aliphatic rings. The van der Waals surface area contributed by atoms with Gasteiger partial charge in [-0.2, -0.15) is 9.61 Å². The third kappa shape index (κ3) is 5.09. The summed E-state index contributed by atoms with van der Waals surface area (Å²) in [5, 5.41) is 5.14. The van der Waals surface area contributed by atoms with E-state index in [1.54, 1.807) is 7.11 Å². The van der Waals surface area contributed by atoms with Gasteiger partial charge in [0.25, 0.3) is 11.5 Å². The number of aryl methyl sites for hydroxylation is 1. The van der Waals surface area contributed by atoms with Gasteiger partial charge in [-0.05, 0) is 30.7 Å². The van der Waals surface area contributed by atoms with Gasteiger partial charge in [-0.3, -0.25) is 14.5 Å². The quantitative estimate of drug-likeness (QED) is 0.382. The summed E-state index contributed by atoms with van der Waals surface area (Å²) in [5.41, 5.74) is 2.31. The van der Waals surface area contributed by atoms with Crippen molar-refractivity contribution < 1.29 is 14.3 Å². The molecule has 0 bridgehead atoms. The number of ether oxygens (including phenoxy) is 2. The van der Waals surface area contributed by atoms with E-state index in [9.17, 15) is 9.59 Å². The normalized spacial score (nSPS) is 14.2. The highest BCUT2D eigenvalue weighted by atomic mass is 32.1. The summed E-state index contributed by atoms with van der Waals surface area (Å²) < 4.78 is 12.5. The van der Waals surface area contributed by atoms with Crippen molar-refractivity contribution in [2.45, 2.75) is 13.5 Å². The molecule has 1 fully saturated rings. The Kier molecular flexibility index (Phi) is 6.97. The minimum absolute atomic E-state index is 0.0239. The van der Waals surface area contributed by atoms with Crippen LogP contribution < -0.4 is 15.0 Å². The van der Waals surface area contributed by atoms with E-state index in [2.05, 4.69) is 10.00 Å². The Morgan fingerprint density at radius 2 is 1.75 bits per heavy atom. The average molecular weight is 506 g/mol. The van der Waals surface area contributed by atoms with E-state index in [4.69, 9.17) is 14.5 Å². The molecule has 36 heavy (non-hydrogen) atoms. The number of methoxy groups -OCH3 is 1. The van der Waals surface area contributed by atoms with Crippen LogP contribution in [0.25, 0.3) is 15.5 Å². The molecule has 4 aromatic rings. The second kappa shape index (κ2) is 10.5. The third-order valence-corrected chi connectivity index (χ3v) is 7.13. The molecule has 0 radical (unpaired) electrons. The van der Waals surface area contributed by atoms with E-state index in [0.29, 0.717) is 54.1 Å². The number of piperazine rings is 1. The van der Waals surface area contributed by atoms with Crippen molar-refractivity contribution in [3.05, 3.63) is 76.2 Å². The molecule has 10 heteroatoms. The highest BCUT2D eigenvalue weighted by molar-refractivity contribution is 7.19. The predicted octanol–water partition coefficient (Wildman–Crippen LogP) is 2.86. The number of rotatable bonds is 7. The van der Waals surface area contributed by atoms with Gasteiger partial charge in [0, 0.05) is 38.8 Å². The molecule has 1 aliphatic heterocycles. The molecule has 0 aliphatic carbocycles. The molecule has 1 amide bonds. The van der Waals surface area contributed by atoms with E-state index >= 15 is 0 Å². The Balaban J connectivity index is 1.21. The van der Waals surface area contributed by atoms with Crippen LogP contribution in [0, 0.1) is 6.92 Å². The van der Waals surface area contributed by atoms with Gasteiger partial charge < -0.3 is 14.4 Å². The number of hydrogen-bond acceptors (Lipinski definition) is 8. The number of aromatic nitrogens is 3. The molecule has 5 rings (SSSR count). The number of carbonyl (C=O) groups is 1. The van der Waals surface area contributed by atoms with Crippen molar-refractivity contribution in [2.75, 3.05) is 39.9 Å². The van der Waals surface area contributed by atoms with Crippen LogP contribution in [0.4, 0.5) is 0 Å². The number of hydrogen-bond donors (Lipinski definition) is 0. The fraction of sp³-hybridized carbons (Fsp3) is 0.308. The number of para-hydroxylation sites is 2. The number of fused-ring (bicyclic) bond motifs is 1. The van der Waals surface area contributed by atoms with E-state index < -0.39 is 0 Å². The summed E-state index contributed by atoms with van der Waals surface area (Å²) in [7, 11) is 1.61. The molecular weight excluding hydrogens is 478 g/mol. The molecule has 0 N–H and O–H groups in total. The monoisotopic (exact) mass is 505 g/mol. The molecule has 1 saturated heterocycles. The first-order valence-corrected chi connectivity index (χ1v) is 12.6. The van der Waals surface area contributed by atoms with Crippen LogP contribution >= 0.6 is 11.3 Å². The maximum atomic E-state index is 12.7. The molecule has 2 aromatic heterocycles. The van der Waals surface area contributed by atoms with Crippen molar-refractivity contribution in [2.24, 2.45) is 0 Å². The number of amides is 1. The topological polar surface area (TPSA) is 89.3 Å². The lowest BCUT2D eigenvalue weighted by atomic mass is 10.2. The number of benzene rings is 2. The SMILES string of the molecule is COc1ccccc1-c1nn2c(=O)cc(CN3CCN(C(=O)COc4ccccc4C)CC3)nc2s1. The fourth-order valence-electron chi connectivity index (χ4n) is 4.20. The summed E-state index contributed by atoms with van der Waals surface area (Å²) in [5.74, 6) is 1.40. The highest BCUT2D eigenvalue weighted by Gasteiger charge is 2.22. The number of carbonyl (C=O) groups excluding carboxylic acids is 1. The van der Waals surface area contributed by atoms with Crippen molar-refractivity contribution in [1.29, 1.82) is 0 Å². The Labute approximate surface area is 212 Å². The van der Waals surface area contributed by atoms with E-state index in [1.165, 1.54) is 21.9 Å². The summed E-state index contributed by atoms with van der Waals surface area (Å²) >= 11 is 1.35. The molecule has 2 aromatic carbocycles. The van der Waals surface area contributed by atoms with Gasteiger partial charge in [0.05, 0.1) is 18.4 Å². The lowest BCUT2D eigenvalue weighted by Gasteiger charge is -2.34. The highest BCUT2D eigenvalue weighted by Crippen LogP contribution is 2.32. The Hall–Kier alpha value is -3.76. The minimum Gasteiger partial charge on any atom is -0.496 e. The second-order valence-electron chi connectivity index (χ2n) is 8.60. The van der Waals surface area contributed by atoms with Gasteiger partial charge in [0.2, 0.25) is 4.96 Å². The molecule has 0 atom stereocenters. The lowest BCUT2D eigenvalue weighted by Crippen LogP contribution is -2.49. The summed E-state index contributed by atoms with van der Waals surface area (Å²) in [6.45, 7) is 5.14. The van der Waals surface area contributed by atoms with E-state index in [1.807, 2.05) is 60.4 Å². The molecular formula is C26H27N5O4S. The maximum absolute atomic E-state index is 12.7. The van der Waals surface area contributed by atoms with E-state index in [0.717, 1.165) is 16.9 Å². The zero-order chi connectivity index (χ0) is 25.1. The van der Waals surface area contributed by atoms with Crippen LogP contribution in [0.3, 0.4) is 0 Å². The third-order valence-electron chi connectivity index (χ3n) is 6.19. The average Bonchev–Trinajstić information content (AvgIpc) is 3.33. The van der Waals surface area contributed by atoms with Gasteiger partial charge in [0.15, 0.2) is 11.6 Å². The first-order chi connectivity index (χ1) is 17.5. The van der Waals surface area contributed by atoms with Crippen LogP contribution in [0.2, 0.25) is 0 Å². The Morgan fingerprint density at radius 3 is 2.50 bits per heavy atom. The van der Waals surface area contributed by atoms with Crippen molar-refractivity contribution >= 4 is 22.2 Å². The zero-order valence-electron chi connectivity index (χ0n) is 20.2. The largest absolute Gasteiger partial charge is 0.496 e. The molecule has 0 spiro atoms. The van der Waals surface area contributed by atoms with Crippen molar-refractivity contribution in [3.63, 3.8) is 0 Å². The van der Waals surface area contributed by atoms with Gasteiger partial charge in [-0.25, -0.2) is 4.98 Å². The standard InChI is InChI=1S/C26H27N5O4S/c1-18-7-3-5-9-21(18)35-17-24(33)30-13-11-29(12-14-30)16-19-15-23(32)31-26(27-19)36-25(28-31)20-8-4-6-10-22(20)34-2/h3-10,15H,11-14,16-17H2,1-2H3. The fourth-order valence-corrected chi connectivity index (χ4v) is 5.16.